The Balaban J connectivity index is 2.06. The van der Waals surface area contributed by atoms with Crippen LogP contribution in [0.2, 0.25) is 0 Å². The fourth-order valence-corrected chi connectivity index (χ4v) is 2.47. The lowest BCUT2D eigenvalue weighted by Gasteiger charge is -2.33. The summed E-state index contributed by atoms with van der Waals surface area (Å²) in [4.78, 5) is 13.2. The molecule has 1 aromatic rings. The maximum Gasteiger partial charge on any atom is 0.220 e. The van der Waals surface area contributed by atoms with E-state index >= 15 is 0 Å². The summed E-state index contributed by atoms with van der Waals surface area (Å²) in [5.74, 6) is -0.138. The van der Waals surface area contributed by atoms with Crippen LogP contribution in [0.1, 0.15) is 24.4 Å². The van der Waals surface area contributed by atoms with Gasteiger partial charge in [-0.2, -0.15) is 5.26 Å². The van der Waals surface area contributed by atoms with Crippen molar-refractivity contribution in [2.45, 2.75) is 18.9 Å². The Bertz CT molecular complexity index is 484. The van der Waals surface area contributed by atoms with E-state index in [2.05, 4.69) is 6.07 Å². The van der Waals surface area contributed by atoms with E-state index in [1.54, 1.807) is 24.3 Å². The molecule has 0 bridgehead atoms. The predicted molar refractivity (Wildman–Crippen MR) is 70.0 cm³/mol. The van der Waals surface area contributed by atoms with Gasteiger partial charge in [0.1, 0.15) is 11.8 Å². The number of amides is 1. The summed E-state index contributed by atoms with van der Waals surface area (Å²) >= 11 is 0. The first-order chi connectivity index (χ1) is 9.11. The van der Waals surface area contributed by atoms with Gasteiger partial charge in [-0.05, 0) is 30.5 Å². The first-order valence-electron chi connectivity index (χ1n) is 6.33. The molecule has 1 heterocycles. The van der Waals surface area contributed by atoms with Crippen LogP contribution < -0.4 is 5.73 Å². The first kappa shape index (κ1) is 13.4. The summed E-state index contributed by atoms with van der Waals surface area (Å²) in [6.07, 6.45) is 1.40. The Morgan fingerprint density at radius 1 is 1.37 bits per heavy atom. The minimum absolute atomic E-state index is 0.0737. The van der Waals surface area contributed by atoms with Gasteiger partial charge in [-0.25, -0.2) is 0 Å². The van der Waals surface area contributed by atoms with E-state index in [0.717, 1.165) is 5.56 Å². The van der Waals surface area contributed by atoms with Gasteiger partial charge in [-0.1, -0.05) is 12.1 Å². The second kappa shape index (κ2) is 5.72. The minimum atomic E-state index is -0.338. The number of nitriles is 1. The highest BCUT2D eigenvalue weighted by Crippen LogP contribution is 2.27. The van der Waals surface area contributed by atoms with Crippen LogP contribution in [0, 0.1) is 17.2 Å². The van der Waals surface area contributed by atoms with E-state index in [1.807, 2.05) is 4.90 Å². The van der Waals surface area contributed by atoms with E-state index in [1.165, 1.54) is 0 Å². The van der Waals surface area contributed by atoms with Gasteiger partial charge in [-0.15, -0.1) is 0 Å². The largest absolute Gasteiger partial charge is 0.508 e. The van der Waals surface area contributed by atoms with Crippen LogP contribution in [0.3, 0.4) is 0 Å². The van der Waals surface area contributed by atoms with Gasteiger partial charge < -0.3 is 10.8 Å². The van der Waals surface area contributed by atoms with Crippen molar-refractivity contribution in [1.82, 2.24) is 4.90 Å². The van der Waals surface area contributed by atoms with E-state index < -0.39 is 0 Å². The number of nitrogens with two attached hydrogens (primary N) is 1. The molecule has 5 nitrogen and oxygen atoms in total. The van der Waals surface area contributed by atoms with Crippen molar-refractivity contribution < 1.29 is 9.90 Å². The summed E-state index contributed by atoms with van der Waals surface area (Å²) in [5, 5.41) is 18.6. The lowest BCUT2D eigenvalue weighted by atomic mass is 9.94. The molecule has 1 fully saturated rings. The number of phenols is 1. The van der Waals surface area contributed by atoms with Crippen LogP contribution in [-0.4, -0.2) is 29.0 Å². The SMILES string of the molecule is N#CC(c1ccc(O)cc1)N1CCC(C(N)=O)CC1. The molecule has 100 valence electrons. The number of phenolic OH excluding ortho intramolecular Hbond substituents is 1. The highest BCUT2D eigenvalue weighted by molar-refractivity contribution is 5.76. The topological polar surface area (TPSA) is 90.3 Å². The van der Waals surface area contributed by atoms with Gasteiger partial charge in [0.2, 0.25) is 5.91 Å². The third-order valence-electron chi connectivity index (χ3n) is 3.63. The second-order valence-electron chi connectivity index (χ2n) is 4.84. The van der Waals surface area contributed by atoms with Crippen LogP contribution in [0.25, 0.3) is 0 Å². The Kier molecular flexibility index (Phi) is 4.03. The Morgan fingerprint density at radius 2 is 1.95 bits per heavy atom. The highest BCUT2D eigenvalue weighted by atomic mass is 16.3. The van der Waals surface area contributed by atoms with Crippen LogP contribution in [-0.2, 0) is 4.79 Å². The van der Waals surface area contributed by atoms with Gasteiger partial charge in [0, 0.05) is 19.0 Å². The van der Waals surface area contributed by atoms with Crippen molar-refractivity contribution >= 4 is 5.91 Å². The van der Waals surface area contributed by atoms with Crippen molar-refractivity contribution in [1.29, 1.82) is 5.26 Å². The lowest BCUT2D eigenvalue weighted by molar-refractivity contribution is -0.123. The molecule has 2 rings (SSSR count). The van der Waals surface area contributed by atoms with Gasteiger partial charge >= 0.3 is 0 Å². The van der Waals surface area contributed by atoms with E-state index in [4.69, 9.17) is 5.73 Å². The Labute approximate surface area is 112 Å². The average Bonchev–Trinajstić information content (AvgIpc) is 2.42. The number of nitrogens with zero attached hydrogens (tertiary/aromatic N) is 2. The van der Waals surface area contributed by atoms with Gasteiger partial charge in [-0.3, -0.25) is 9.69 Å². The molecule has 0 aliphatic carbocycles. The summed E-state index contributed by atoms with van der Waals surface area (Å²) < 4.78 is 0. The fraction of sp³-hybridized carbons (Fsp3) is 0.429. The van der Waals surface area contributed by atoms with E-state index in [9.17, 15) is 15.2 Å². The fourth-order valence-electron chi connectivity index (χ4n) is 2.47. The summed E-state index contributed by atoms with van der Waals surface area (Å²) in [6.45, 7) is 1.37. The standard InChI is InChI=1S/C14H17N3O2/c15-9-13(10-1-3-12(18)4-2-10)17-7-5-11(6-8-17)14(16)19/h1-4,11,13,18H,5-8H2,(H2,16,19). The number of benzene rings is 1. The molecule has 1 atom stereocenters. The average molecular weight is 259 g/mol. The van der Waals surface area contributed by atoms with Crippen LogP contribution in [0.5, 0.6) is 5.75 Å². The number of carbonyl (C=O) groups is 1. The molecule has 1 aliphatic heterocycles. The number of hydrogen-bond acceptors (Lipinski definition) is 4. The minimum Gasteiger partial charge on any atom is -0.508 e. The van der Waals surface area contributed by atoms with Gasteiger partial charge in [0.25, 0.3) is 0 Å². The van der Waals surface area contributed by atoms with Crippen molar-refractivity contribution in [2.24, 2.45) is 11.7 Å². The number of carbonyl (C=O) groups excluding carboxylic acids is 1. The number of primary amides is 1. The molecular weight excluding hydrogens is 242 g/mol. The normalized spacial score (nSPS) is 18.7. The molecule has 1 unspecified atom stereocenters. The zero-order valence-corrected chi connectivity index (χ0v) is 10.6. The van der Waals surface area contributed by atoms with Crippen molar-refractivity contribution in [3.05, 3.63) is 29.8 Å². The quantitative estimate of drug-likeness (QED) is 0.852. The third kappa shape index (κ3) is 3.04. The highest BCUT2D eigenvalue weighted by Gasteiger charge is 2.28. The molecule has 0 aromatic heterocycles. The summed E-state index contributed by atoms with van der Waals surface area (Å²) in [5.41, 5.74) is 6.16. The van der Waals surface area contributed by atoms with Crippen LogP contribution >= 0.6 is 0 Å². The molecule has 0 radical (unpaired) electrons. The van der Waals surface area contributed by atoms with Crippen LogP contribution in [0.15, 0.2) is 24.3 Å². The van der Waals surface area contributed by atoms with Gasteiger partial charge in [0.15, 0.2) is 0 Å². The predicted octanol–water partition coefficient (Wildman–Crippen LogP) is 1.15. The van der Waals surface area contributed by atoms with Crippen molar-refractivity contribution in [2.75, 3.05) is 13.1 Å². The monoisotopic (exact) mass is 259 g/mol. The lowest BCUT2D eigenvalue weighted by Crippen LogP contribution is -2.40. The first-order valence-corrected chi connectivity index (χ1v) is 6.33. The molecule has 1 aromatic carbocycles. The molecule has 19 heavy (non-hydrogen) atoms. The Morgan fingerprint density at radius 3 is 2.42 bits per heavy atom. The Hall–Kier alpha value is -2.06. The zero-order valence-electron chi connectivity index (χ0n) is 10.6. The van der Waals surface area contributed by atoms with Crippen molar-refractivity contribution in [3.8, 4) is 11.8 Å². The number of rotatable bonds is 3. The molecule has 1 saturated heterocycles. The molecular formula is C14H17N3O2. The van der Waals surface area contributed by atoms with Crippen LogP contribution in [0.4, 0.5) is 0 Å². The van der Waals surface area contributed by atoms with Gasteiger partial charge in [0.05, 0.1) is 6.07 Å². The number of likely N-dealkylation sites (tertiary alicyclic amines) is 1. The second-order valence-corrected chi connectivity index (χ2v) is 4.84. The maximum atomic E-state index is 11.1. The zero-order chi connectivity index (χ0) is 13.8. The number of aromatic hydroxyl groups is 1. The number of piperidine rings is 1. The summed E-state index contributed by atoms with van der Waals surface area (Å²) in [6, 6.07) is 8.61. The summed E-state index contributed by atoms with van der Waals surface area (Å²) in [7, 11) is 0. The van der Waals surface area contributed by atoms with E-state index in [-0.39, 0.29) is 23.6 Å². The number of hydrogen-bond donors (Lipinski definition) is 2. The molecule has 1 amide bonds. The third-order valence-corrected chi connectivity index (χ3v) is 3.63. The maximum absolute atomic E-state index is 11.1. The molecule has 1 aliphatic rings. The molecule has 0 spiro atoms. The smallest absolute Gasteiger partial charge is 0.220 e. The van der Waals surface area contributed by atoms with E-state index in [0.29, 0.717) is 25.9 Å². The molecule has 3 N–H and O–H groups in total. The molecule has 0 saturated carbocycles. The molecule has 5 heteroatoms. The van der Waals surface area contributed by atoms with Crippen molar-refractivity contribution in [3.63, 3.8) is 0 Å².